The van der Waals surface area contributed by atoms with Crippen molar-refractivity contribution in [1.29, 1.82) is 0 Å². The van der Waals surface area contributed by atoms with E-state index in [0.29, 0.717) is 5.76 Å². The molecule has 136 valence electrons. The number of aromatic nitrogens is 1. The van der Waals surface area contributed by atoms with Gasteiger partial charge in [0.25, 0.3) is 5.91 Å². The van der Waals surface area contributed by atoms with Crippen molar-refractivity contribution in [2.45, 2.75) is 38.6 Å². The Hall–Kier alpha value is -3.02. The zero-order valence-corrected chi connectivity index (χ0v) is 15.0. The Balaban J connectivity index is 1.77. The Morgan fingerprint density at radius 1 is 1.19 bits per heavy atom. The molecule has 0 fully saturated rings. The van der Waals surface area contributed by atoms with E-state index in [2.05, 4.69) is 10.3 Å². The molecule has 0 radical (unpaired) electrons. The molecule has 0 bridgehead atoms. The van der Waals surface area contributed by atoms with Gasteiger partial charge < -0.3 is 19.8 Å². The Bertz CT molecular complexity index is 946. The lowest BCUT2D eigenvalue weighted by Gasteiger charge is -2.15. The number of para-hydroxylation sites is 1. The van der Waals surface area contributed by atoms with Gasteiger partial charge >= 0.3 is 5.97 Å². The van der Waals surface area contributed by atoms with Crippen molar-refractivity contribution in [2.24, 2.45) is 0 Å². The van der Waals surface area contributed by atoms with E-state index in [1.165, 1.54) is 0 Å². The maximum Gasteiger partial charge on any atom is 0.326 e. The summed E-state index contributed by atoms with van der Waals surface area (Å²) >= 11 is 0. The van der Waals surface area contributed by atoms with Crippen molar-refractivity contribution < 1.29 is 19.1 Å². The molecule has 2 aromatic heterocycles. The maximum absolute atomic E-state index is 12.4. The molecule has 0 spiro atoms. The molecule has 26 heavy (non-hydrogen) atoms. The highest BCUT2D eigenvalue weighted by atomic mass is 16.4. The summed E-state index contributed by atoms with van der Waals surface area (Å²) in [5.41, 5.74) is 1.54. The first-order valence-electron chi connectivity index (χ1n) is 8.44. The molecule has 0 saturated carbocycles. The van der Waals surface area contributed by atoms with Crippen LogP contribution in [-0.4, -0.2) is 28.0 Å². The van der Waals surface area contributed by atoms with E-state index < -0.39 is 17.9 Å². The van der Waals surface area contributed by atoms with Gasteiger partial charge in [0.15, 0.2) is 5.76 Å². The summed E-state index contributed by atoms with van der Waals surface area (Å²) in [6.45, 7) is 5.93. The molecule has 1 amide bonds. The molecule has 0 saturated heterocycles. The lowest BCUT2D eigenvalue weighted by molar-refractivity contribution is -0.139. The summed E-state index contributed by atoms with van der Waals surface area (Å²) < 4.78 is 5.58. The molecular weight excluding hydrogens is 332 g/mol. The summed E-state index contributed by atoms with van der Waals surface area (Å²) in [6, 6.07) is 9.90. The first kappa shape index (κ1) is 17.8. The molecule has 1 aromatic carbocycles. The second-order valence-electron chi connectivity index (χ2n) is 7.34. The minimum atomic E-state index is -1.09. The number of furan rings is 1. The normalized spacial score (nSPS) is 12.9. The van der Waals surface area contributed by atoms with Gasteiger partial charge in [-0.05, 0) is 23.8 Å². The highest BCUT2D eigenvalue weighted by Gasteiger charge is 2.25. The quantitative estimate of drug-likeness (QED) is 0.653. The molecule has 2 heterocycles. The predicted molar refractivity (Wildman–Crippen MR) is 98.3 cm³/mol. The number of H-pyrrole nitrogens is 1. The average molecular weight is 354 g/mol. The number of carboxylic acids is 1. The molecular formula is C20H22N2O4. The molecule has 0 unspecified atom stereocenters. The van der Waals surface area contributed by atoms with Crippen molar-refractivity contribution in [3.8, 4) is 0 Å². The van der Waals surface area contributed by atoms with Crippen LogP contribution in [0.5, 0.6) is 0 Å². The van der Waals surface area contributed by atoms with Gasteiger partial charge in [-0.15, -0.1) is 0 Å². The largest absolute Gasteiger partial charge is 0.480 e. The number of rotatable bonds is 5. The third-order valence-electron chi connectivity index (χ3n) is 4.27. The summed E-state index contributed by atoms with van der Waals surface area (Å²) in [6.07, 6.45) is 1.95. The lowest BCUT2D eigenvalue weighted by Crippen LogP contribution is -2.42. The van der Waals surface area contributed by atoms with Crippen LogP contribution < -0.4 is 5.32 Å². The average Bonchev–Trinajstić information content (AvgIpc) is 3.21. The number of benzene rings is 1. The van der Waals surface area contributed by atoms with Crippen LogP contribution in [0.15, 0.2) is 47.0 Å². The van der Waals surface area contributed by atoms with Gasteiger partial charge in [0.1, 0.15) is 11.8 Å². The van der Waals surface area contributed by atoms with Crippen LogP contribution in [0.3, 0.4) is 0 Å². The lowest BCUT2D eigenvalue weighted by atomic mass is 9.94. The topological polar surface area (TPSA) is 95.3 Å². The predicted octanol–water partition coefficient (Wildman–Crippen LogP) is 3.48. The molecule has 3 rings (SSSR count). The summed E-state index contributed by atoms with van der Waals surface area (Å²) in [5.74, 6) is -0.842. The summed E-state index contributed by atoms with van der Waals surface area (Å²) in [7, 11) is 0. The van der Waals surface area contributed by atoms with Gasteiger partial charge in [0.2, 0.25) is 0 Å². The number of amides is 1. The number of fused-ring (bicyclic) bond motifs is 1. The van der Waals surface area contributed by atoms with Gasteiger partial charge in [-0.2, -0.15) is 0 Å². The fraction of sp³-hybridized carbons (Fsp3) is 0.300. The van der Waals surface area contributed by atoms with Gasteiger partial charge in [-0.3, -0.25) is 4.79 Å². The minimum absolute atomic E-state index is 0.111. The van der Waals surface area contributed by atoms with E-state index in [-0.39, 0.29) is 17.6 Å². The Morgan fingerprint density at radius 2 is 1.92 bits per heavy atom. The van der Waals surface area contributed by atoms with Crippen molar-refractivity contribution in [2.75, 3.05) is 0 Å². The van der Waals surface area contributed by atoms with Gasteiger partial charge in [-0.1, -0.05) is 39.0 Å². The minimum Gasteiger partial charge on any atom is -0.480 e. The summed E-state index contributed by atoms with van der Waals surface area (Å²) in [4.78, 5) is 27.2. The second-order valence-corrected chi connectivity index (χ2v) is 7.34. The third-order valence-corrected chi connectivity index (χ3v) is 4.27. The zero-order chi connectivity index (χ0) is 18.9. The smallest absolute Gasteiger partial charge is 0.326 e. The molecule has 6 heteroatoms. The number of hydrogen-bond acceptors (Lipinski definition) is 3. The Labute approximate surface area is 151 Å². The molecule has 0 aliphatic rings. The first-order valence-corrected chi connectivity index (χ1v) is 8.44. The van der Waals surface area contributed by atoms with E-state index >= 15 is 0 Å². The molecule has 1 atom stereocenters. The van der Waals surface area contributed by atoms with E-state index in [1.807, 2.05) is 45.0 Å². The first-order chi connectivity index (χ1) is 12.3. The number of aliphatic carboxylic acids is 1. The van der Waals surface area contributed by atoms with Crippen LogP contribution in [0.2, 0.25) is 0 Å². The highest BCUT2D eigenvalue weighted by molar-refractivity contribution is 5.94. The molecule has 3 aromatic rings. The Kier molecular flexibility index (Phi) is 4.59. The highest BCUT2D eigenvalue weighted by Crippen LogP contribution is 2.24. The van der Waals surface area contributed by atoms with E-state index in [0.717, 1.165) is 16.5 Å². The van der Waals surface area contributed by atoms with Crippen LogP contribution >= 0.6 is 0 Å². The van der Waals surface area contributed by atoms with Crippen LogP contribution in [0.1, 0.15) is 42.6 Å². The maximum atomic E-state index is 12.4. The summed E-state index contributed by atoms with van der Waals surface area (Å²) in [5, 5.41) is 13.0. The van der Waals surface area contributed by atoms with E-state index in [4.69, 9.17) is 4.42 Å². The SMILES string of the molecule is CC(C)(C)c1ccc(C(=O)N[C@@H](Cc2c[nH]c3ccccc23)C(=O)O)o1. The Morgan fingerprint density at radius 3 is 2.58 bits per heavy atom. The number of carbonyl (C=O) groups excluding carboxylic acids is 1. The van der Waals surface area contributed by atoms with Crippen LogP contribution in [0.4, 0.5) is 0 Å². The molecule has 6 nitrogen and oxygen atoms in total. The molecule has 0 aliphatic heterocycles. The third kappa shape index (κ3) is 3.64. The van der Waals surface area contributed by atoms with E-state index in [9.17, 15) is 14.7 Å². The standard InChI is InChI=1S/C20H22N2O4/c1-20(2,3)17-9-8-16(26-17)18(23)22-15(19(24)25)10-12-11-21-14-7-5-4-6-13(12)14/h4-9,11,15,21H,10H2,1-3H3,(H,22,23)(H,24,25)/t15-/m0/s1. The van der Waals surface area contributed by atoms with Gasteiger partial charge in [0.05, 0.1) is 0 Å². The zero-order valence-electron chi connectivity index (χ0n) is 15.0. The van der Waals surface area contributed by atoms with Crippen molar-refractivity contribution in [1.82, 2.24) is 10.3 Å². The van der Waals surface area contributed by atoms with Gasteiger partial charge in [0, 0.05) is 28.9 Å². The van der Waals surface area contributed by atoms with E-state index in [1.54, 1.807) is 18.3 Å². The molecule has 3 N–H and O–H groups in total. The van der Waals surface area contributed by atoms with Crippen molar-refractivity contribution in [3.05, 3.63) is 59.7 Å². The van der Waals surface area contributed by atoms with Crippen molar-refractivity contribution in [3.63, 3.8) is 0 Å². The number of aromatic amines is 1. The molecule has 0 aliphatic carbocycles. The van der Waals surface area contributed by atoms with Crippen LogP contribution in [0.25, 0.3) is 10.9 Å². The monoisotopic (exact) mass is 354 g/mol. The fourth-order valence-corrected chi connectivity index (χ4v) is 2.81. The second kappa shape index (κ2) is 6.71. The number of carboxylic acid groups (broad SMARTS) is 1. The number of carbonyl (C=O) groups is 2. The van der Waals surface area contributed by atoms with Gasteiger partial charge in [-0.25, -0.2) is 4.79 Å². The van der Waals surface area contributed by atoms with Crippen molar-refractivity contribution >= 4 is 22.8 Å². The number of hydrogen-bond donors (Lipinski definition) is 3. The van der Waals surface area contributed by atoms with Crippen LogP contribution in [-0.2, 0) is 16.6 Å². The fourth-order valence-electron chi connectivity index (χ4n) is 2.81. The van der Waals surface area contributed by atoms with Crippen LogP contribution in [0, 0.1) is 0 Å². The number of nitrogens with one attached hydrogen (secondary N) is 2.